The second-order valence-corrected chi connectivity index (χ2v) is 12.2. The molecule has 1 aliphatic rings. The molecule has 5 rings (SSSR count). The van der Waals surface area contributed by atoms with Gasteiger partial charge in [-0.3, -0.25) is 4.57 Å². The van der Waals surface area contributed by atoms with Gasteiger partial charge < -0.3 is 4.74 Å². The molecule has 6 nitrogen and oxygen atoms in total. The van der Waals surface area contributed by atoms with E-state index in [0.717, 1.165) is 36.1 Å². The normalized spacial score (nSPS) is 17.2. The molecule has 2 aromatic carbocycles. The Morgan fingerprint density at radius 2 is 1.77 bits per heavy atom. The predicted molar refractivity (Wildman–Crippen MR) is 153 cm³/mol. The highest BCUT2D eigenvalue weighted by molar-refractivity contribution is 7.82. The first-order valence-corrected chi connectivity index (χ1v) is 14.5. The summed E-state index contributed by atoms with van der Waals surface area (Å²) in [5.74, 6) is 0.179. The molecular weight excluding hydrogens is 558 g/mol. The fourth-order valence-electron chi connectivity index (χ4n) is 5.02. The molecule has 3 heterocycles. The van der Waals surface area contributed by atoms with Gasteiger partial charge in [0.2, 0.25) is 11.0 Å². The van der Waals surface area contributed by atoms with Crippen LogP contribution in [0.5, 0.6) is 5.88 Å². The van der Waals surface area contributed by atoms with Gasteiger partial charge in [-0.05, 0) is 60.4 Å². The van der Waals surface area contributed by atoms with E-state index in [2.05, 4.69) is 4.98 Å². The van der Waals surface area contributed by atoms with Crippen molar-refractivity contribution in [3.63, 3.8) is 0 Å². The smallest absolute Gasteiger partial charge is 0.219 e. The third-order valence-electron chi connectivity index (χ3n) is 7.27. The van der Waals surface area contributed by atoms with Crippen molar-refractivity contribution < 1.29 is 13.3 Å². The van der Waals surface area contributed by atoms with E-state index in [1.165, 1.54) is 12.1 Å². The third-order valence-corrected chi connectivity index (χ3v) is 9.47. The average molecular weight is 588 g/mol. The summed E-state index contributed by atoms with van der Waals surface area (Å²) < 4.78 is 37.3. The predicted octanol–water partition coefficient (Wildman–Crippen LogP) is 7.30. The Morgan fingerprint density at radius 3 is 2.44 bits per heavy atom. The van der Waals surface area contributed by atoms with Crippen LogP contribution in [0.4, 0.5) is 4.39 Å². The summed E-state index contributed by atoms with van der Waals surface area (Å²) >= 11 is 12.6. The van der Waals surface area contributed by atoms with Gasteiger partial charge in [0.05, 0.1) is 29.0 Å². The van der Waals surface area contributed by atoms with Crippen molar-refractivity contribution in [3.05, 3.63) is 99.7 Å². The summed E-state index contributed by atoms with van der Waals surface area (Å²) in [4.78, 5) is 9.08. The molecule has 10 heteroatoms. The molecule has 2 unspecified atom stereocenters. The van der Waals surface area contributed by atoms with E-state index in [9.17, 15) is 8.60 Å². The Hall–Kier alpha value is -2.78. The van der Waals surface area contributed by atoms with Crippen LogP contribution in [0.1, 0.15) is 56.0 Å². The Bertz CT molecular complexity index is 1490. The number of methoxy groups -OCH3 is 1. The van der Waals surface area contributed by atoms with Gasteiger partial charge in [0.25, 0.3) is 0 Å². The van der Waals surface area contributed by atoms with Gasteiger partial charge in [-0.2, -0.15) is 0 Å². The van der Waals surface area contributed by atoms with E-state index in [-0.39, 0.29) is 11.9 Å². The number of halogens is 3. The van der Waals surface area contributed by atoms with E-state index >= 15 is 0 Å². The molecule has 2 atom stereocenters. The number of rotatable bonds is 7. The minimum Gasteiger partial charge on any atom is -0.481 e. The molecule has 0 bridgehead atoms. The number of pyridine rings is 1. The monoisotopic (exact) mass is 586 g/mol. The third kappa shape index (κ3) is 5.48. The number of nitrogens with zero attached hydrogens (tertiary/aromatic N) is 4. The minimum atomic E-state index is -1.62. The van der Waals surface area contributed by atoms with E-state index in [1.807, 2.05) is 47.0 Å². The fraction of sp³-hybridized carbons (Fsp3) is 0.310. The first-order valence-electron chi connectivity index (χ1n) is 12.7. The minimum absolute atomic E-state index is 0.0945. The lowest BCUT2D eigenvalue weighted by atomic mass is 9.81. The van der Waals surface area contributed by atoms with Gasteiger partial charge >= 0.3 is 0 Å². The van der Waals surface area contributed by atoms with Crippen molar-refractivity contribution in [1.82, 2.24) is 18.8 Å². The summed E-state index contributed by atoms with van der Waals surface area (Å²) in [7, 11) is -0.0385. The van der Waals surface area contributed by atoms with E-state index in [1.54, 1.807) is 37.7 Å². The highest BCUT2D eigenvalue weighted by Crippen LogP contribution is 2.39. The lowest BCUT2D eigenvalue weighted by Crippen LogP contribution is -2.36. The second-order valence-electron chi connectivity index (χ2n) is 10.0. The molecule has 0 aliphatic carbocycles. The van der Waals surface area contributed by atoms with Crippen molar-refractivity contribution in [2.24, 2.45) is 0 Å². The van der Waals surface area contributed by atoms with Gasteiger partial charge in [-0.25, -0.2) is 22.9 Å². The Balaban J connectivity index is 1.61. The standard InChI is InChI=1S/C29H29Cl2FN4O2S/c1-29(2,20-8-13-23(30)24(31)16-20)26-18-34-28(36(26)22-11-9-21(32)10-12-22)39(37)35-15-5-4-6-25(35)19-7-14-27(38-3)33-17-19/h7-14,16-18,25H,4-6,15H2,1-3H3. The van der Waals surface area contributed by atoms with E-state index < -0.39 is 16.4 Å². The van der Waals surface area contributed by atoms with Gasteiger partial charge in [0.15, 0.2) is 11.0 Å². The molecule has 204 valence electrons. The van der Waals surface area contributed by atoms with Gasteiger partial charge in [-0.1, -0.05) is 55.6 Å². The summed E-state index contributed by atoms with van der Waals surface area (Å²) in [5, 5.41) is 1.29. The number of imidazole rings is 1. The van der Waals surface area contributed by atoms with Crippen molar-refractivity contribution in [2.75, 3.05) is 13.7 Å². The summed E-state index contributed by atoms with van der Waals surface area (Å²) in [5.41, 5.74) is 2.74. The Labute approximate surface area is 240 Å². The highest BCUT2D eigenvalue weighted by Gasteiger charge is 2.35. The Kier molecular flexibility index (Phi) is 8.10. The van der Waals surface area contributed by atoms with Crippen molar-refractivity contribution >= 4 is 34.2 Å². The number of ether oxygens (including phenoxy) is 1. The highest BCUT2D eigenvalue weighted by atomic mass is 35.5. The molecule has 1 fully saturated rings. The molecular formula is C29H29Cl2FN4O2S. The average Bonchev–Trinajstić information content (AvgIpc) is 3.41. The lowest BCUT2D eigenvalue weighted by molar-refractivity contribution is 0.266. The van der Waals surface area contributed by atoms with Crippen LogP contribution in [0.3, 0.4) is 0 Å². The molecule has 0 spiro atoms. The fourth-order valence-corrected chi connectivity index (χ4v) is 6.79. The first-order chi connectivity index (χ1) is 18.7. The van der Waals surface area contributed by atoms with Crippen LogP contribution < -0.4 is 4.74 Å². The molecule has 0 N–H and O–H groups in total. The maximum Gasteiger partial charge on any atom is 0.219 e. The maximum atomic E-state index is 14.3. The van der Waals surface area contributed by atoms with Crippen LogP contribution in [-0.4, -0.2) is 36.7 Å². The van der Waals surface area contributed by atoms with E-state index in [0.29, 0.717) is 33.3 Å². The largest absolute Gasteiger partial charge is 0.481 e. The lowest BCUT2D eigenvalue weighted by Gasteiger charge is -2.34. The van der Waals surface area contributed by atoms with E-state index in [4.69, 9.17) is 32.9 Å². The molecule has 0 radical (unpaired) electrons. The summed E-state index contributed by atoms with van der Waals surface area (Å²) in [6, 6.07) is 15.3. The number of hydrogen-bond acceptors (Lipinski definition) is 4. The zero-order chi connectivity index (χ0) is 27.7. The quantitative estimate of drug-likeness (QED) is 0.228. The van der Waals surface area contributed by atoms with Gasteiger partial charge in [0, 0.05) is 36.0 Å². The maximum absolute atomic E-state index is 14.3. The van der Waals surface area contributed by atoms with Crippen LogP contribution in [0, 0.1) is 5.82 Å². The SMILES string of the molecule is COc1ccc(C2CCCCN2S(=O)c2ncc(C(C)(C)c3ccc(Cl)c(Cl)c3)n2-c2ccc(F)cc2)cn1. The second kappa shape index (κ2) is 11.4. The summed E-state index contributed by atoms with van der Waals surface area (Å²) in [6.07, 6.45) is 6.31. The molecule has 0 saturated carbocycles. The van der Waals surface area contributed by atoms with Crippen LogP contribution in [0.25, 0.3) is 5.69 Å². The molecule has 1 saturated heterocycles. The summed E-state index contributed by atoms with van der Waals surface area (Å²) in [6.45, 7) is 4.73. The van der Waals surface area contributed by atoms with Crippen molar-refractivity contribution in [1.29, 1.82) is 0 Å². The first kappa shape index (κ1) is 27.8. The van der Waals surface area contributed by atoms with Crippen LogP contribution in [0.2, 0.25) is 10.0 Å². The van der Waals surface area contributed by atoms with Crippen LogP contribution in [0.15, 0.2) is 72.1 Å². The van der Waals surface area contributed by atoms with Crippen LogP contribution >= 0.6 is 23.2 Å². The van der Waals surface area contributed by atoms with Crippen molar-refractivity contribution in [3.8, 4) is 11.6 Å². The molecule has 39 heavy (non-hydrogen) atoms. The Morgan fingerprint density at radius 1 is 1.00 bits per heavy atom. The molecule has 2 aromatic heterocycles. The number of hydrogen-bond donors (Lipinski definition) is 0. The van der Waals surface area contributed by atoms with Crippen LogP contribution in [-0.2, 0) is 16.4 Å². The molecule has 1 aliphatic heterocycles. The zero-order valence-electron chi connectivity index (χ0n) is 21.9. The van der Waals surface area contributed by atoms with Gasteiger partial charge in [0.1, 0.15) is 5.82 Å². The number of piperidine rings is 1. The number of benzene rings is 2. The number of aromatic nitrogens is 3. The molecule has 0 amide bonds. The van der Waals surface area contributed by atoms with Gasteiger partial charge in [-0.15, -0.1) is 0 Å². The zero-order valence-corrected chi connectivity index (χ0v) is 24.2. The van der Waals surface area contributed by atoms with Crippen molar-refractivity contribution in [2.45, 2.75) is 49.7 Å². The molecule has 4 aromatic rings. The topological polar surface area (TPSA) is 60.2 Å².